The molecule has 0 saturated carbocycles. The van der Waals surface area contributed by atoms with E-state index < -0.39 is 11.9 Å². The molecular formula is C28H38O8. The third kappa shape index (κ3) is 18.5. The van der Waals surface area contributed by atoms with Crippen molar-refractivity contribution in [2.75, 3.05) is 13.7 Å². The molecule has 0 atom stereocenters. The second-order valence-corrected chi connectivity index (χ2v) is 7.60. The molecule has 0 aromatic heterocycles. The molecule has 1 aromatic carbocycles. The van der Waals surface area contributed by atoms with Gasteiger partial charge in [-0.2, -0.15) is 0 Å². The summed E-state index contributed by atoms with van der Waals surface area (Å²) >= 11 is 0. The van der Waals surface area contributed by atoms with E-state index >= 15 is 0 Å². The van der Waals surface area contributed by atoms with Gasteiger partial charge in [-0.3, -0.25) is 0 Å². The highest BCUT2D eigenvalue weighted by Gasteiger charge is 2.08. The molecular weight excluding hydrogens is 464 g/mol. The van der Waals surface area contributed by atoms with Gasteiger partial charge >= 0.3 is 23.9 Å². The van der Waals surface area contributed by atoms with Crippen molar-refractivity contribution >= 4 is 23.9 Å². The van der Waals surface area contributed by atoms with E-state index in [-0.39, 0.29) is 29.5 Å². The summed E-state index contributed by atoms with van der Waals surface area (Å²) in [6.45, 7) is 17.8. The Morgan fingerprint density at radius 2 is 1.44 bits per heavy atom. The van der Waals surface area contributed by atoms with Crippen molar-refractivity contribution in [1.82, 2.24) is 0 Å². The number of carboxylic acid groups (broad SMARTS) is 1. The zero-order valence-corrected chi connectivity index (χ0v) is 21.9. The van der Waals surface area contributed by atoms with Crippen molar-refractivity contribution < 1.29 is 38.5 Å². The van der Waals surface area contributed by atoms with Crippen molar-refractivity contribution in [1.29, 1.82) is 0 Å². The standard InChI is InChI=1S/C12H18O4.C11H12O2.C5H8O2/c1-4-5-8-16-12(15)10(3)7-6-9(2)11(13)14;1-9(2)11(12)13-8-10-6-4-3-5-7-10;1-4(2)5(6)7-3/h6H,3-5,7-8H2,1-2H3,(H,13,14);3-7H,1,8H2,2H3;1H2,2-3H3. The maximum atomic E-state index is 11.3. The highest BCUT2D eigenvalue weighted by atomic mass is 16.5. The molecule has 0 fully saturated rings. The van der Waals surface area contributed by atoms with E-state index in [2.05, 4.69) is 24.5 Å². The number of ether oxygens (including phenoxy) is 3. The third-order valence-corrected chi connectivity index (χ3v) is 4.11. The smallest absolute Gasteiger partial charge is 0.333 e. The number of aliphatic carboxylic acids is 1. The van der Waals surface area contributed by atoms with E-state index in [9.17, 15) is 19.2 Å². The predicted molar refractivity (Wildman–Crippen MR) is 139 cm³/mol. The fraction of sp³-hybridized carbons (Fsp3) is 0.357. The zero-order valence-electron chi connectivity index (χ0n) is 21.9. The minimum Gasteiger partial charge on any atom is -0.478 e. The summed E-state index contributed by atoms with van der Waals surface area (Å²) in [5.74, 6) is -2.14. The van der Waals surface area contributed by atoms with Crippen LogP contribution in [0.4, 0.5) is 0 Å². The predicted octanol–water partition coefficient (Wildman–Crippen LogP) is 5.35. The van der Waals surface area contributed by atoms with Crippen LogP contribution in [-0.2, 0) is 40.0 Å². The molecule has 0 spiro atoms. The first-order valence-corrected chi connectivity index (χ1v) is 11.2. The average Bonchev–Trinajstić information content (AvgIpc) is 2.86. The average molecular weight is 503 g/mol. The second kappa shape index (κ2) is 20.4. The normalized spacial score (nSPS) is 9.75. The van der Waals surface area contributed by atoms with Gasteiger partial charge in [0.1, 0.15) is 6.61 Å². The number of carbonyl (C=O) groups is 4. The Kier molecular flexibility index (Phi) is 19.4. The lowest BCUT2D eigenvalue weighted by Crippen LogP contribution is -2.08. The number of hydrogen-bond donors (Lipinski definition) is 1. The molecule has 1 aromatic rings. The van der Waals surface area contributed by atoms with Crippen LogP contribution in [0.25, 0.3) is 0 Å². The highest BCUT2D eigenvalue weighted by Crippen LogP contribution is 2.06. The Balaban J connectivity index is 0. The molecule has 0 saturated heterocycles. The van der Waals surface area contributed by atoms with Crippen molar-refractivity contribution in [3.63, 3.8) is 0 Å². The monoisotopic (exact) mass is 502 g/mol. The third-order valence-electron chi connectivity index (χ3n) is 4.11. The van der Waals surface area contributed by atoms with E-state index in [4.69, 9.17) is 14.6 Å². The summed E-state index contributed by atoms with van der Waals surface area (Å²) in [6, 6.07) is 9.55. The van der Waals surface area contributed by atoms with Gasteiger partial charge in [-0.1, -0.05) is 69.5 Å². The van der Waals surface area contributed by atoms with E-state index in [1.165, 1.54) is 20.1 Å². The topological polar surface area (TPSA) is 116 Å². The number of carbonyl (C=O) groups excluding carboxylic acids is 3. The first-order valence-electron chi connectivity index (χ1n) is 11.2. The molecule has 0 heterocycles. The van der Waals surface area contributed by atoms with Gasteiger partial charge in [0.25, 0.3) is 0 Å². The van der Waals surface area contributed by atoms with Crippen molar-refractivity contribution in [3.05, 3.63) is 84.0 Å². The molecule has 0 bridgehead atoms. The lowest BCUT2D eigenvalue weighted by molar-refractivity contribution is -0.140. The number of rotatable bonds is 11. The Labute approximate surface area is 213 Å². The fourth-order valence-corrected chi connectivity index (χ4v) is 1.88. The van der Waals surface area contributed by atoms with Crippen LogP contribution < -0.4 is 0 Å². The quantitative estimate of drug-likeness (QED) is 0.186. The number of hydrogen-bond acceptors (Lipinski definition) is 7. The number of carboxylic acids is 1. The van der Waals surface area contributed by atoms with Gasteiger partial charge in [0.05, 0.1) is 13.7 Å². The lowest BCUT2D eigenvalue weighted by Gasteiger charge is -2.04. The van der Waals surface area contributed by atoms with Crippen LogP contribution in [0, 0.1) is 0 Å². The molecule has 36 heavy (non-hydrogen) atoms. The number of esters is 3. The van der Waals surface area contributed by atoms with Gasteiger partial charge in [0.15, 0.2) is 0 Å². The summed E-state index contributed by atoms with van der Waals surface area (Å²) < 4.78 is 14.1. The molecule has 8 heteroatoms. The van der Waals surface area contributed by atoms with E-state index in [0.29, 0.717) is 24.4 Å². The van der Waals surface area contributed by atoms with Crippen LogP contribution in [0.3, 0.4) is 0 Å². The fourth-order valence-electron chi connectivity index (χ4n) is 1.88. The van der Waals surface area contributed by atoms with E-state index in [1.807, 2.05) is 37.3 Å². The van der Waals surface area contributed by atoms with Crippen molar-refractivity contribution in [2.24, 2.45) is 0 Å². The molecule has 8 nitrogen and oxygen atoms in total. The van der Waals surface area contributed by atoms with E-state index in [0.717, 1.165) is 18.4 Å². The zero-order chi connectivity index (χ0) is 28.1. The molecule has 0 aliphatic rings. The molecule has 0 radical (unpaired) electrons. The Hall–Kier alpha value is -3.94. The van der Waals surface area contributed by atoms with Gasteiger partial charge in [0.2, 0.25) is 0 Å². The molecule has 198 valence electrons. The van der Waals surface area contributed by atoms with Crippen molar-refractivity contribution in [3.8, 4) is 0 Å². The van der Waals surface area contributed by atoms with Crippen LogP contribution in [0.2, 0.25) is 0 Å². The maximum Gasteiger partial charge on any atom is 0.333 e. The number of methoxy groups -OCH3 is 1. The van der Waals surface area contributed by atoms with Gasteiger partial charge in [0, 0.05) is 22.3 Å². The Bertz CT molecular complexity index is 926. The minimum absolute atomic E-state index is 0.197. The number of benzene rings is 1. The molecule has 0 aliphatic carbocycles. The minimum atomic E-state index is -0.993. The summed E-state index contributed by atoms with van der Waals surface area (Å²) in [5, 5.41) is 8.59. The Morgan fingerprint density at radius 1 is 0.889 bits per heavy atom. The van der Waals surface area contributed by atoms with Crippen LogP contribution >= 0.6 is 0 Å². The first-order chi connectivity index (χ1) is 16.9. The molecule has 0 aliphatic heterocycles. The lowest BCUT2D eigenvalue weighted by atomic mass is 10.1. The van der Waals surface area contributed by atoms with Crippen LogP contribution in [0.15, 0.2) is 78.4 Å². The van der Waals surface area contributed by atoms with Gasteiger partial charge < -0.3 is 19.3 Å². The summed E-state index contributed by atoms with van der Waals surface area (Å²) in [7, 11) is 1.33. The number of allylic oxidation sites excluding steroid dienone is 1. The maximum absolute atomic E-state index is 11.3. The van der Waals surface area contributed by atoms with Gasteiger partial charge in [-0.15, -0.1) is 0 Å². The largest absolute Gasteiger partial charge is 0.478 e. The molecule has 0 amide bonds. The molecule has 1 N–H and O–H groups in total. The summed E-state index contributed by atoms with van der Waals surface area (Å²) in [4.78, 5) is 43.0. The van der Waals surface area contributed by atoms with Crippen LogP contribution in [0.5, 0.6) is 0 Å². The van der Waals surface area contributed by atoms with Gasteiger partial charge in [-0.25, -0.2) is 19.2 Å². The Morgan fingerprint density at radius 3 is 1.86 bits per heavy atom. The number of unbranched alkanes of at least 4 members (excludes halogenated alkanes) is 1. The van der Waals surface area contributed by atoms with Gasteiger partial charge in [-0.05, 0) is 39.2 Å². The van der Waals surface area contributed by atoms with Crippen molar-refractivity contribution in [2.45, 2.75) is 53.6 Å². The summed E-state index contributed by atoms with van der Waals surface area (Å²) in [5.41, 5.74) is 2.31. The second-order valence-electron chi connectivity index (χ2n) is 7.60. The van der Waals surface area contributed by atoms with Crippen LogP contribution in [0.1, 0.15) is 52.5 Å². The SMILES string of the molecule is C=C(C)C(=O)OC.C=C(C)C(=O)OCc1ccccc1.C=C(CC=C(C)C(=O)O)C(=O)OCCCC. The molecule has 1 rings (SSSR count). The van der Waals surface area contributed by atoms with E-state index in [1.54, 1.807) is 13.8 Å². The van der Waals surface area contributed by atoms with Crippen LogP contribution in [-0.4, -0.2) is 42.7 Å². The summed E-state index contributed by atoms with van der Waals surface area (Å²) in [6.07, 6.45) is 3.44. The first kappa shape index (κ1) is 34.2. The highest BCUT2D eigenvalue weighted by molar-refractivity contribution is 5.89. The molecule has 0 unspecified atom stereocenters.